The minimum atomic E-state index is -4.66. The molecule has 0 aromatic heterocycles. The van der Waals surface area contributed by atoms with E-state index < -0.39 is 18.9 Å². The Hall–Kier alpha value is -1.27. The van der Waals surface area contributed by atoms with Crippen molar-refractivity contribution in [2.24, 2.45) is 0 Å². The number of ether oxygens (including phenoxy) is 1. The van der Waals surface area contributed by atoms with Gasteiger partial charge in [-0.15, -0.1) is 0 Å². The van der Waals surface area contributed by atoms with Crippen molar-refractivity contribution in [3.8, 4) is 5.75 Å². The molecule has 6 heteroatoms. The third-order valence-electron chi connectivity index (χ3n) is 2.67. The predicted octanol–water partition coefficient (Wildman–Crippen LogP) is 2.66. The maximum atomic E-state index is 12.2. The summed E-state index contributed by atoms with van der Waals surface area (Å²) in [5.74, 6) is 0.347. The molecule has 0 amide bonds. The van der Waals surface area contributed by atoms with Gasteiger partial charge >= 0.3 is 6.18 Å². The lowest BCUT2D eigenvalue weighted by molar-refractivity contribution is -0.210. The topological polar surface area (TPSA) is 41.5 Å². The Kier molecular flexibility index (Phi) is 5.62. The van der Waals surface area contributed by atoms with E-state index >= 15 is 0 Å². The van der Waals surface area contributed by atoms with Gasteiger partial charge in [-0.05, 0) is 19.5 Å². The maximum Gasteiger partial charge on any atom is 0.417 e. The molecule has 0 saturated carbocycles. The van der Waals surface area contributed by atoms with E-state index in [9.17, 15) is 13.2 Å². The quantitative estimate of drug-likeness (QED) is 0.840. The lowest BCUT2D eigenvalue weighted by atomic mass is 10.1. The van der Waals surface area contributed by atoms with E-state index in [0.717, 1.165) is 12.1 Å². The molecule has 1 rings (SSSR count). The van der Waals surface area contributed by atoms with E-state index in [0.29, 0.717) is 5.75 Å². The third kappa shape index (κ3) is 4.72. The molecule has 2 unspecified atom stereocenters. The van der Waals surface area contributed by atoms with Crippen LogP contribution in [0.2, 0.25) is 0 Å². The molecule has 0 radical (unpaired) electrons. The van der Waals surface area contributed by atoms with E-state index in [1.54, 1.807) is 24.3 Å². The first-order chi connectivity index (χ1) is 8.86. The minimum Gasteiger partial charge on any atom is -0.490 e. The van der Waals surface area contributed by atoms with Gasteiger partial charge in [-0.25, -0.2) is 0 Å². The molecular weight excluding hydrogens is 259 g/mol. The second-order valence-corrected chi connectivity index (χ2v) is 4.19. The molecule has 1 aromatic carbocycles. The van der Waals surface area contributed by atoms with Crippen molar-refractivity contribution >= 4 is 0 Å². The van der Waals surface area contributed by atoms with Crippen molar-refractivity contribution in [2.75, 3.05) is 13.2 Å². The zero-order chi connectivity index (χ0) is 14.5. The van der Waals surface area contributed by atoms with Crippen LogP contribution in [0.3, 0.4) is 0 Å². The smallest absolute Gasteiger partial charge is 0.417 e. The average Bonchev–Trinajstić information content (AvgIpc) is 2.35. The lowest BCUT2D eigenvalue weighted by Crippen LogP contribution is -2.34. The molecular formula is C13H18F3NO2. The van der Waals surface area contributed by atoms with Crippen molar-refractivity contribution in [3.05, 3.63) is 29.8 Å². The van der Waals surface area contributed by atoms with Gasteiger partial charge < -0.3 is 15.2 Å². The van der Waals surface area contributed by atoms with Crippen molar-refractivity contribution in [3.63, 3.8) is 0 Å². The fourth-order valence-corrected chi connectivity index (χ4v) is 1.65. The van der Waals surface area contributed by atoms with E-state index in [-0.39, 0.29) is 6.04 Å². The van der Waals surface area contributed by atoms with Crippen LogP contribution >= 0.6 is 0 Å². The Morgan fingerprint density at radius 1 is 1.32 bits per heavy atom. The predicted molar refractivity (Wildman–Crippen MR) is 66.1 cm³/mol. The van der Waals surface area contributed by atoms with Gasteiger partial charge in [0.2, 0.25) is 0 Å². The largest absolute Gasteiger partial charge is 0.490 e. The normalized spacial score (nSPS) is 15.1. The zero-order valence-electron chi connectivity index (χ0n) is 10.9. The molecule has 19 heavy (non-hydrogen) atoms. The highest BCUT2D eigenvalue weighted by Gasteiger charge is 2.38. The Morgan fingerprint density at radius 2 is 1.95 bits per heavy atom. The number of halogens is 3. The van der Waals surface area contributed by atoms with Gasteiger partial charge in [0.15, 0.2) is 6.10 Å². The zero-order valence-corrected chi connectivity index (χ0v) is 10.9. The second-order valence-electron chi connectivity index (χ2n) is 4.19. The summed E-state index contributed by atoms with van der Waals surface area (Å²) in [7, 11) is 0. The summed E-state index contributed by atoms with van der Waals surface area (Å²) in [5.41, 5.74) is 0.763. The summed E-state index contributed by atoms with van der Waals surface area (Å²) in [4.78, 5) is 0. The van der Waals surface area contributed by atoms with Crippen molar-refractivity contribution in [2.45, 2.75) is 32.2 Å². The SMILES string of the molecule is CCNC(C)c1ccccc1OCC(O)C(F)(F)F. The molecule has 0 bridgehead atoms. The van der Waals surface area contributed by atoms with Crippen LogP contribution < -0.4 is 10.1 Å². The number of aliphatic hydroxyl groups excluding tert-OH is 1. The molecule has 2 atom stereocenters. The standard InChI is InChI=1S/C13H18F3NO2/c1-3-17-9(2)10-6-4-5-7-11(10)19-8-12(18)13(14,15)16/h4-7,9,12,17-18H,3,8H2,1-2H3. The summed E-state index contributed by atoms with van der Waals surface area (Å²) in [6, 6.07) is 6.80. The molecule has 0 heterocycles. The summed E-state index contributed by atoms with van der Waals surface area (Å²) in [6.07, 6.45) is -7.14. The van der Waals surface area contributed by atoms with Crippen molar-refractivity contribution < 1.29 is 23.0 Å². The number of benzene rings is 1. The summed E-state index contributed by atoms with van der Waals surface area (Å²) in [5, 5.41) is 12.1. The first-order valence-corrected chi connectivity index (χ1v) is 6.06. The van der Waals surface area contributed by atoms with Crippen LogP contribution in [-0.4, -0.2) is 30.5 Å². The number of rotatable bonds is 6. The highest BCUT2D eigenvalue weighted by Crippen LogP contribution is 2.26. The molecule has 1 aromatic rings. The molecule has 0 saturated heterocycles. The Labute approximate surface area is 110 Å². The first kappa shape index (κ1) is 15.8. The number of hydrogen-bond acceptors (Lipinski definition) is 3. The van der Waals surface area contributed by atoms with E-state index in [1.807, 2.05) is 13.8 Å². The van der Waals surface area contributed by atoms with E-state index in [2.05, 4.69) is 5.32 Å². The summed E-state index contributed by atoms with van der Waals surface area (Å²) < 4.78 is 41.7. The van der Waals surface area contributed by atoms with Crippen LogP contribution in [0.25, 0.3) is 0 Å². The Bertz CT molecular complexity index is 396. The number of aliphatic hydroxyl groups is 1. The maximum absolute atomic E-state index is 12.2. The van der Waals surface area contributed by atoms with Crippen LogP contribution in [0.4, 0.5) is 13.2 Å². The van der Waals surface area contributed by atoms with Gasteiger partial charge in [0.1, 0.15) is 12.4 Å². The first-order valence-electron chi connectivity index (χ1n) is 6.06. The molecule has 0 aliphatic heterocycles. The van der Waals surface area contributed by atoms with E-state index in [1.165, 1.54) is 0 Å². The van der Waals surface area contributed by atoms with Gasteiger partial charge in [0.25, 0.3) is 0 Å². The molecule has 0 fully saturated rings. The molecule has 0 aliphatic carbocycles. The van der Waals surface area contributed by atoms with Gasteiger partial charge in [0, 0.05) is 11.6 Å². The van der Waals surface area contributed by atoms with Gasteiger partial charge in [-0.3, -0.25) is 0 Å². The van der Waals surface area contributed by atoms with E-state index in [4.69, 9.17) is 9.84 Å². The fraction of sp³-hybridized carbons (Fsp3) is 0.538. The summed E-state index contributed by atoms with van der Waals surface area (Å²) >= 11 is 0. The molecule has 3 nitrogen and oxygen atoms in total. The van der Waals surface area contributed by atoms with Gasteiger partial charge in [-0.1, -0.05) is 25.1 Å². The Morgan fingerprint density at radius 3 is 2.53 bits per heavy atom. The van der Waals surface area contributed by atoms with Crippen LogP contribution in [0.1, 0.15) is 25.5 Å². The van der Waals surface area contributed by atoms with Crippen LogP contribution in [0.15, 0.2) is 24.3 Å². The molecule has 0 spiro atoms. The number of hydrogen-bond donors (Lipinski definition) is 2. The van der Waals surface area contributed by atoms with Crippen LogP contribution in [0, 0.1) is 0 Å². The highest BCUT2D eigenvalue weighted by molar-refractivity contribution is 5.35. The number of para-hydroxylation sites is 1. The Balaban J connectivity index is 2.73. The van der Waals surface area contributed by atoms with Gasteiger partial charge in [0.05, 0.1) is 0 Å². The number of alkyl halides is 3. The number of nitrogens with one attached hydrogen (secondary N) is 1. The lowest BCUT2D eigenvalue weighted by Gasteiger charge is -2.20. The minimum absolute atomic E-state index is 0.0378. The fourth-order valence-electron chi connectivity index (χ4n) is 1.65. The van der Waals surface area contributed by atoms with Gasteiger partial charge in [-0.2, -0.15) is 13.2 Å². The summed E-state index contributed by atoms with van der Waals surface area (Å²) in [6.45, 7) is 3.76. The molecule has 2 N–H and O–H groups in total. The van der Waals surface area contributed by atoms with Crippen LogP contribution in [0.5, 0.6) is 5.75 Å². The third-order valence-corrected chi connectivity index (χ3v) is 2.67. The van der Waals surface area contributed by atoms with Crippen LogP contribution in [-0.2, 0) is 0 Å². The van der Waals surface area contributed by atoms with Crippen molar-refractivity contribution in [1.29, 1.82) is 0 Å². The van der Waals surface area contributed by atoms with Crippen molar-refractivity contribution in [1.82, 2.24) is 5.32 Å². The molecule has 0 aliphatic rings. The average molecular weight is 277 g/mol. The monoisotopic (exact) mass is 277 g/mol. The second kappa shape index (κ2) is 6.77. The molecule has 108 valence electrons. The highest BCUT2D eigenvalue weighted by atomic mass is 19.4.